The molecule has 9 nitrogen and oxygen atoms in total. The standard InChI is InChI=1S/C28H26N2O7/c1-17(2)37-23-9-5-6-19(15-23)25-24(26(31)20-7-4-8-21(14-20)30(34)35)27(32)28(33)29(25)16-18-10-12-22(36-3)13-11-18/h4-15,17,25,31H,16H2,1-3H3/b26-24-. The number of nitrogens with zero attached hydrogens (tertiary/aromatic N) is 2. The summed E-state index contributed by atoms with van der Waals surface area (Å²) in [7, 11) is 1.55. The van der Waals surface area contributed by atoms with E-state index in [0.29, 0.717) is 17.1 Å². The average Bonchev–Trinajstić information content (AvgIpc) is 3.13. The number of carbonyl (C=O) groups is 2. The van der Waals surface area contributed by atoms with Gasteiger partial charge in [0.1, 0.15) is 17.3 Å². The number of hydrogen-bond acceptors (Lipinski definition) is 7. The molecule has 1 amide bonds. The van der Waals surface area contributed by atoms with E-state index in [-0.39, 0.29) is 29.5 Å². The minimum Gasteiger partial charge on any atom is -0.507 e. The van der Waals surface area contributed by atoms with Crippen LogP contribution in [0, 0.1) is 10.1 Å². The van der Waals surface area contributed by atoms with Crippen LogP contribution < -0.4 is 9.47 Å². The van der Waals surface area contributed by atoms with Crippen LogP contribution in [-0.4, -0.2) is 39.8 Å². The molecule has 0 saturated carbocycles. The lowest BCUT2D eigenvalue weighted by atomic mass is 9.95. The molecule has 1 fully saturated rings. The molecular weight excluding hydrogens is 476 g/mol. The molecule has 1 atom stereocenters. The van der Waals surface area contributed by atoms with E-state index in [4.69, 9.17) is 9.47 Å². The lowest BCUT2D eigenvalue weighted by Crippen LogP contribution is -2.29. The van der Waals surface area contributed by atoms with E-state index in [1.54, 1.807) is 55.6 Å². The van der Waals surface area contributed by atoms with Gasteiger partial charge >= 0.3 is 0 Å². The Bertz CT molecular complexity index is 1380. The van der Waals surface area contributed by atoms with Crippen LogP contribution in [0.2, 0.25) is 0 Å². The number of aliphatic hydroxyl groups excluding tert-OH is 1. The number of hydrogen-bond donors (Lipinski definition) is 1. The maximum Gasteiger partial charge on any atom is 0.295 e. The van der Waals surface area contributed by atoms with Crippen LogP contribution in [0.15, 0.2) is 78.4 Å². The smallest absolute Gasteiger partial charge is 0.295 e. The fraction of sp³-hybridized carbons (Fsp3) is 0.214. The number of nitro groups is 1. The van der Waals surface area contributed by atoms with Crippen LogP contribution >= 0.6 is 0 Å². The topological polar surface area (TPSA) is 119 Å². The molecule has 1 aliphatic heterocycles. The zero-order chi connectivity index (χ0) is 26.7. The zero-order valence-corrected chi connectivity index (χ0v) is 20.6. The van der Waals surface area contributed by atoms with Crippen LogP contribution in [0.5, 0.6) is 11.5 Å². The van der Waals surface area contributed by atoms with Crippen molar-refractivity contribution in [1.82, 2.24) is 4.90 Å². The molecule has 190 valence electrons. The predicted octanol–water partition coefficient (Wildman–Crippen LogP) is 5.01. The molecule has 0 aromatic heterocycles. The molecule has 9 heteroatoms. The number of methoxy groups -OCH3 is 1. The first-order chi connectivity index (χ1) is 17.7. The Labute approximate surface area is 213 Å². The number of non-ortho nitro benzene ring substituents is 1. The number of amides is 1. The maximum absolute atomic E-state index is 13.3. The molecule has 4 rings (SSSR count). The lowest BCUT2D eigenvalue weighted by Gasteiger charge is -2.26. The van der Waals surface area contributed by atoms with Crippen molar-refractivity contribution in [2.75, 3.05) is 7.11 Å². The first-order valence-corrected chi connectivity index (χ1v) is 11.6. The van der Waals surface area contributed by atoms with Gasteiger partial charge in [-0.2, -0.15) is 0 Å². The fourth-order valence-electron chi connectivity index (χ4n) is 4.27. The zero-order valence-electron chi connectivity index (χ0n) is 20.6. The summed E-state index contributed by atoms with van der Waals surface area (Å²) >= 11 is 0. The maximum atomic E-state index is 13.3. The van der Waals surface area contributed by atoms with Crippen molar-refractivity contribution in [3.05, 3.63) is 105 Å². The van der Waals surface area contributed by atoms with Gasteiger partial charge in [-0.05, 0) is 49.2 Å². The lowest BCUT2D eigenvalue weighted by molar-refractivity contribution is -0.384. The van der Waals surface area contributed by atoms with Gasteiger partial charge in [0.2, 0.25) is 0 Å². The Morgan fingerprint density at radius 1 is 1.03 bits per heavy atom. The predicted molar refractivity (Wildman–Crippen MR) is 136 cm³/mol. The molecule has 3 aromatic rings. The number of benzene rings is 3. The van der Waals surface area contributed by atoms with Crippen molar-refractivity contribution >= 4 is 23.1 Å². The number of ketones is 1. The van der Waals surface area contributed by atoms with Crippen molar-refractivity contribution in [2.45, 2.75) is 32.5 Å². The van der Waals surface area contributed by atoms with Gasteiger partial charge in [0.25, 0.3) is 17.4 Å². The normalized spacial score (nSPS) is 16.8. The van der Waals surface area contributed by atoms with Crippen LogP contribution in [-0.2, 0) is 16.1 Å². The Morgan fingerprint density at radius 3 is 2.38 bits per heavy atom. The summed E-state index contributed by atoms with van der Waals surface area (Å²) in [6.45, 7) is 3.84. The van der Waals surface area contributed by atoms with Crippen LogP contribution in [0.1, 0.15) is 36.6 Å². The summed E-state index contributed by atoms with van der Waals surface area (Å²) in [5, 5.41) is 22.5. The molecular formula is C28H26N2O7. The van der Waals surface area contributed by atoms with Gasteiger partial charge in [0.05, 0.1) is 29.8 Å². The number of rotatable bonds is 8. The molecule has 37 heavy (non-hydrogen) atoms. The number of aliphatic hydroxyl groups is 1. The second kappa shape index (κ2) is 10.5. The third kappa shape index (κ3) is 5.30. The Balaban J connectivity index is 1.85. The van der Waals surface area contributed by atoms with E-state index >= 15 is 0 Å². The highest BCUT2D eigenvalue weighted by Gasteiger charge is 2.46. The van der Waals surface area contributed by atoms with Gasteiger partial charge in [-0.15, -0.1) is 0 Å². The number of carbonyl (C=O) groups excluding carboxylic acids is 2. The fourth-order valence-corrected chi connectivity index (χ4v) is 4.27. The number of Topliss-reactive ketones (excluding diaryl/α,β-unsaturated/α-hetero) is 1. The highest BCUT2D eigenvalue weighted by molar-refractivity contribution is 6.46. The van der Waals surface area contributed by atoms with Gasteiger partial charge in [0.15, 0.2) is 0 Å². The third-order valence-electron chi connectivity index (χ3n) is 5.93. The van der Waals surface area contributed by atoms with E-state index in [1.807, 2.05) is 13.8 Å². The summed E-state index contributed by atoms with van der Waals surface area (Å²) in [5.74, 6) is -0.968. The summed E-state index contributed by atoms with van der Waals surface area (Å²) in [6, 6.07) is 18.4. The molecule has 3 aromatic carbocycles. The summed E-state index contributed by atoms with van der Waals surface area (Å²) in [4.78, 5) is 38.6. The van der Waals surface area contributed by atoms with E-state index in [2.05, 4.69) is 0 Å². The van der Waals surface area contributed by atoms with Gasteiger partial charge < -0.3 is 19.5 Å². The first kappa shape index (κ1) is 25.4. The largest absolute Gasteiger partial charge is 0.507 e. The number of ether oxygens (including phenoxy) is 2. The van der Waals surface area contributed by atoms with Crippen LogP contribution in [0.25, 0.3) is 5.76 Å². The van der Waals surface area contributed by atoms with E-state index in [1.165, 1.54) is 29.2 Å². The Hall–Kier alpha value is -4.66. The second-order valence-electron chi connectivity index (χ2n) is 8.82. The van der Waals surface area contributed by atoms with E-state index < -0.39 is 28.4 Å². The SMILES string of the molecule is COc1ccc(CN2C(=O)C(=O)/C(=C(\O)c3cccc([N+](=O)[O-])c3)C2c2cccc(OC(C)C)c2)cc1. The van der Waals surface area contributed by atoms with Crippen molar-refractivity contribution in [2.24, 2.45) is 0 Å². The van der Waals surface area contributed by atoms with E-state index in [0.717, 1.165) is 5.56 Å². The second-order valence-corrected chi connectivity index (χ2v) is 8.82. The molecule has 1 heterocycles. The van der Waals surface area contributed by atoms with E-state index in [9.17, 15) is 24.8 Å². The van der Waals surface area contributed by atoms with Crippen molar-refractivity contribution in [1.29, 1.82) is 0 Å². The summed E-state index contributed by atoms with van der Waals surface area (Å²) < 4.78 is 11.0. The molecule has 0 spiro atoms. The number of likely N-dealkylation sites (tertiary alicyclic amines) is 1. The minimum absolute atomic E-state index is 0.0660. The Kier molecular flexibility index (Phi) is 7.24. The third-order valence-corrected chi connectivity index (χ3v) is 5.93. The average molecular weight is 503 g/mol. The van der Waals surface area contributed by atoms with Crippen LogP contribution in [0.3, 0.4) is 0 Å². The molecule has 0 radical (unpaired) electrons. The Morgan fingerprint density at radius 2 is 1.73 bits per heavy atom. The van der Waals surface area contributed by atoms with Crippen molar-refractivity contribution < 1.29 is 29.1 Å². The van der Waals surface area contributed by atoms with Gasteiger partial charge in [-0.3, -0.25) is 19.7 Å². The molecule has 1 N–H and O–H groups in total. The van der Waals surface area contributed by atoms with Crippen molar-refractivity contribution in [3.63, 3.8) is 0 Å². The summed E-state index contributed by atoms with van der Waals surface area (Å²) in [6.07, 6.45) is -0.106. The van der Waals surface area contributed by atoms with Crippen molar-refractivity contribution in [3.8, 4) is 11.5 Å². The molecule has 1 aliphatic rings. The molecule has 1 saturated heterocycles. The molecule has 0 aliphatic carbocycles. The highest BCUT2D eigenvalue weighted by atomic mass is 16.6. The van der Waals surface area contributed by atoms with Crippen LogP contribution in [0.4, 0.5) is 5.69 Å². The van der Waals surface area contributed by atoms with Gasteiger partial charge in [-0.25, -0.2) is 0 Å². The monoisotopic (exact) mass is 502 g/mol. The van der Waals surface area contributed by atoms with Gasteiger partial charge in [-0.1, -0.05) is 36.4 Å². The first-order valence-electron chi connectivity index (χ1n) is 11.6. The molecule has 1 unspecified atom stereocenters. The summed E-state index contributed by atoms with van der Waals surface area (Å²) in [5.41, 5.74) is 0.966. The molecule has 0 bridgehead atoms. The number of nitro benzene ring substituents is 1. The highest BCUT2D eigenvalue weighted by Crippen LogP contribution is 2.41. The quantitative estimate of drug-likeness (QED) is 0.151. The van der Waals surface area contributed by atoms with Gasteiger partial charge in [0, 0.05) is 24.2 Å². The minimum atomic E-state index is -0.947.